The Bertz CT molecular complexity index is 954. The maximum absolute atomic E-state index is 11.4. The Kier molecular flexibility index (Phi) is 6.70. The van der Waals surface area contributed by atoms with Crippen molar-refractivity contribution in [3.8, 4) is 22.6 Å². The van der Waals surface area contributed by atoms with Gasteiger partial charge in [-0.3, -0.25) is 0 Å². The summed E-state index contributed by atoms with van der Waals surface area (Å²) in [5, 5.41) is 12.9. The Labute approximate surface area is 178 Å². The summed E-state index contributed by atoms with van der Waals surface area (Å²) in [5.74, 6) is 0.439. The number of carboxylic acid groups (broad SMARTS) is 1. The lowest BCUT2D eigenvalue weighted by atomic mass is 9.91. The van der Waals surface area contributed by atoms with Crippen LogP contribution in [0.3, 0.4) is 0 Å². The highest BCUT2D eigenvalue weighted by Crippen LogP contribution is 2.44. The summed E-state index contributed by atoms with van der Waals surface area (Å²) in [5.41, 5.74) is 5.87. The normalized spacial score (nSPS) is 14.6. The fourth-order valence-corrected chi connectivity index (χ4v) is 4.32. The molecule has 30 heavy (non-hydrogen) atoms. The van der Waals surface area contributed by atoms with E-state index in [4.69, 9.17) is 9.47 Å². The molecule has 0 aliphatic heterocycles. The molecule has 0 atom stereocenters. The number of hydrogen-bond acceptors (Lipinski definition) is 4. The molecule has 2 aromatic carbocycles. The van der Waals surface area contributed by atoms with Crippen molar-refractivity contribution in [3.05, 3.63) is 46.5 Å². The van der Waals surface area contributed by atoms with Crippen LogP contribution in [-0.4, -0.2) is 31.3 Å². The summed E-state index contributed by atoms with van der Waals surface area (Å²) >= 11 is 0. The van der Waals surface area contributed by atoms with E-state index in [1.165, 1.54) is 25.7 Å². The van der Waals surface area contributed by atoms with Gasteiger partial charge < -0.3 is 19.9 Å². The maximum atomic E-state index is 11.4. The topological polar surface area (TPSA) is 67.8 Å². The second-order valence-corrected chi connectivity index (χ2v) is 7.94. The highest BCUT2D eigenvalue weighted by Gasteiger charge is 2.22. The summed E-state index contributed by atoms with van der Waals surface area (Å²) < 4.78 is 11.5. The SMILES string of the molecule is COc1c(C)c(-c2ccc(NC3CCCC3)cc2)c(OC)c(C)c1/C=C(\C)C(=O)O. The first-order valence-electron chi connectivity index (χ1n) is 10.4. The highest BCUT2D eigenvalue weighted by molar-refractivity contribution is 5.93. The Morgan fingerprint density at radius 3 is 2.17 bits per heavy atom. The smallest absolute Gasteiger partial charge is 0.331 e. The maximum Gasteiger partial charge on any atom is 0.331 e. The van der Waals surface area contributed by atoms with Crippen molar-refractivity contribution in [1.29, 1.82) is 0 Å². The molecule has 0 saturated heterocycles. The predicted molar refractivity (Wildman–Crippen MR) is 122 cm³/mol. The number of aliphatic carboxylic acids is 1. The van der Waals surface area contributed by atoms with Crippen molar-refractivity contribution < 1.29 is 19.4 Å². The van der Waals surface area contributed by atoms with Crippen LogP contribution in [0.2, 0.25) is 0 Å². The summed E-state index contributed by atoms with van der Waals surface area (Å²) in [7, 11) is 3.26. The van der Waals surface area contributed by atoms with E-state index in [1.54, 1.807) is 27.2 Å². The number of carbonyl (C=O) groups is 1. The molecule has 3 rings (SSSR count). The van der Waals surface area contributed by atoms with Crippen molar-refractivity contribution in [1.82, 2.24) is 0 Å². The Morgan fingerprint density at radius 2 is 1.63 bits per heavy atom. The molecule has 0 amide bonds. The molecule has 5 heteroatoms. The summed E-state index contributed by atoms with van der Waals surface area (Å²) in [4.78, 5) is 11.4. The van der Waals surface area contributed by atoms with Crippen LogP contribution in [0.4, 0.5) is 5.69 Å². The minimum absolute atomic E-state index is 0.243. The van der Waals surface area contributed by atoms with E-state index in [9.17, 15) is 9.90 Å². The molecule has 0 bridgehead atoms. The molecule has 160 valence electrons. The van der Waals surface area contributed by atoms with Gasteiger partial charge in [-0.05, 0) is 57.4 Å². The first kappa shape index (κ1) is 21.8. The summed E-state index contributed by atoms with van der Waals surface area (Å²) in [6.45, 7) is 5.49. The van der Waals surface area contributed by atoms with Crippen molar-refractivity contribution in [3.63, 3.8) is 0 Å². The van der Waals surface area contributed by atoms with E-state index in [1.807, 2.05) is 13.8 Å². The van der Waals surface area contributed by atoms with Gasteiger partial charge in [0.05, 0.1) is 14.2 Å². The van der Waals surface area contributed by atoms with E-state index < -0.39 is 5.97 Å². The number of methoxy groups -OCH3 is 2. The number of nitrogens with one attached hydrogen (secondary N) is 1. The van der Waals surface area contributed by atoms with Gasteiger partial charge in [0.2, 0.25) is 0 Å². The molecule has 0 spiro atoms. The van der Waals surface area contributed by atoms with Gasteiger partial charge in [0.25, 0.3) is 0 Å². The lowest BCUT2D eigenvalue weighted by molar-refractivity contribution is -0.132. The summed E-state index contributed by atoms with van der Waals surface area (Å²) in [6, 6.07) is 8.98. The Hall–Kier alpha value is -2.95. The molecule has 1 fully saturated rings. The number of anilines is 1. The monoisotopic (exact) mass is 409 g/mol. The van der Waals surface area contributed by atoms with Gasteiger partial charge in [0, 0.05) is 39.6 Å². The molecule has 1 saturated carbocycles. The number of benzene rings is 2. The lowest BCUT2D eigenvalue weighted by Crippen LogP contribution is -2.14. The average molecular weight is 410 g/mol. The van der Waals surface area contributed by atoms with E-state index >= 15 is 0 Å². The third-order valence-electron chi connectivity index (χ3n) is 5.94. The van der Waals surface area contributed by atoms with Gasteiger partial charge in [-0.1, -0.05) is 25.0 Å². The van der Waals surface area contributed by atoms with Crippen LogP contribution >= 0.6 is 0 Å². The number of ether oxygens (including phenoxy) is 2. The van der Waals surface area contributed by atoms with Gasteiger partial charge in [-0.15, -0.1) is 0 Å². The molecular formula is C25H31NO4. The van der Waals surface area contributed by atoms with Crippen LogP contribution in [0.1, 0.15) is 49.3 Å². The molecule has 0 heterocycles. The fraction of sp³-hybridized carbons (Fsp3) is 0.400. The standard InChI is InChI=1S/C25H31NO4/c1-15(25(27)28)14-21-16(2)24(30-5)22(17(3)23(21)29-4)18-10-12-20(13-11-18)26-19-8-6-7-9-19/h10-14,19,26H,6-9H2,1-5H3,(H,27,28)/b15-14+. The van der Waals surface area contributed by atoms with Crippen LogP contribution in [0.15, 0.2) is 29.8 Å². The van der Waals surface area contributed by atoms with Gasteiger partial charge in [0.15, 0.2) is 0 Å². The van der Waals surface area contributed by atoms with Crippen LogP contribution in [0, 0.1) is 13.8 Å². The van der Waals surface area contributed by atoms with E-state index in [2.05, 4.69) is 29.6 Å². The van der Waals surface area contributed by atoms with Crippen molar-refractivity contribution in [2.75, 3.05) is 19.5 Å². The first-order valence-corrected chi connectivity index (χ1v) is 10.4. The van der Waals surface area contributed by atoms with Crippen LogP contribution in [0.25, 0.3) is 17.2 Å². The van der Waals surface area contributed by atoms with E-state index in [0.29, 0.717) is 11.8 Å². The van der Waals surface area contributed by atoms with E-state index in [0.717, 1.165) is 39.3 Å². The number of rotatable bonds is 7. The van der Waals surface area contributed by atoms with Gasteiger partial charge in [-0.2, -0.15) is 0 Å². The van der Waals surface area contributed by atoms with Crippen LogP contribution in [0.5, 0.6) is 11.5 Å². The largest absolute Gasteiger partial charge is 0.496 e. The Morgan fingerprint density at radius 1 is 1.03 bits per heavy atom. The molecule has 1 aliphatic carbocycles. The van der Waals surface area contributed by atoms with Crippen LogP contribution in [-0.2, 0) is 4.79 Å². The molecule has 1 aliphatic rings. The number of hydrogen-bond donors (Lipinski definition) is 2. The summed E-state index contributed by atoms with van der Waals surface area (Å²) in [6.07, 6.45) is 6.71. The van der Waals surface area contributed by atoms with Crippen molar-refractivity contribution in [2.24, 2.45) is 0 Å². The average Bonchev–Trinajstić information content (AvgIpc) is 3.24. The zero-order valence-electron chi connectivity index (χ0n) is 18.5. The second-order valence-electron chi connectivity index (χ2n) is 7.94. The third-order valence-corrected chi connectivity index (χ3v) is 5.94. The zero-order valence-corrected chi connectivity index (χ0v) is 18.5. The van der Waals surface area contributed by atoms with Crippen LogP contribution < -0.4 is 14.8 Å². The third kappa shape index (κ3) is 4.30. The second kappa shape index (κ2) is 9.24. The highest BCUT2D eigenvalue weighted by atomic mass is 16.5. The molecule has 2 N–H and O–H groups in total. The zero-order chi connectivity index (χ0) is 21.8. The minimum Gasteiger partial charge on any atom is -0.496 e. The predicted octanol–water partition coefficient (Wildman–Crippen LogP) is 5.83. The first-order chi connectivity index (χ1) is 14.4. The quantitative estimate of drug-likeness (QED) is 0.563. The Balaban J connectivity index is 2.07. The number of carboxylic acids is 1. The van der Waals surface area contributed by atoms with E-state index in [-0.39, 0.29) is 5.57 Å². The minimum atomic E-state index is -0.956. The van der Waals surface area contributed by atoms with Gasteiger partial charge >= 0.3 is 5.97 Å². The lowest BCUT2D eigenvalue weighted by Gasteiger charge is -2.21. The van der Waals surface area contributed by atoms with Crippen molar-refractivity contribution >= 4 is 17.7 Å². The molecule has 0 unspecified atom stereocenters. The fourth-order valence-electron chi connectivity index (χ4n) is 4.32. The molecular weight excluding hydrogens is 378 g/mol. The van der Waals surface area contributed by atoms with Crippen molar-refractivity contribution in [2.45, 2.75) is 52.5 Å². The molecule has 0 radical (unpaired) electrons. The van der Waals surface area contributed by atoms with Gasteiger partial charge in [-0.25, -0.2) is 4.79 Å². The molecule has 5 nitrogen and oxygen atoms in total. The molecule has 0 aromatic heterocycles. The molecule has 2 aromatic rings. The van der Waals surface area contributed by atoms with Gasteiger partial charge in [0.1, 0.15) is 11.5 Å².